The van der Waals surface area contributed by atoms with E-state index in [0.717, 1.165) is 45.2 Å². The van der Waals surface area contributed by atoms with E-state index in [9.17, 15) is 0 Å². The second-order valence-electron chi connectivity index (χ2n) is 8.43. The third-order valence-corrected chi connectivity index (χ3v) is 6.97. The molecule has 0 fully saturated rings. The van der Waals surface area contributed by atoms with Crippen molar-refractivity contribution in [3.8, 4) is 11.1 Å². The van der Waals surface area contributed by atoms with Crippen molar-refractivity contribution in [1.82, 2.24) is 19.9 Å². The van der Waals surface area contributed by atoms with Crippen molar-refractivity contribution in [2.45, 2.75) is 19.5 Å². The molecule has 0 aliphatic carbocycles. The van der Waals surface area contributed by atoms with Crippen molar-refractivity contribution in [2.24, 2.45) is 0 Å². The van der Waals surface area contributed by atoms with Crippen LogP contribution in [0.25, 0.3) is 27.6 Å². The van der Waals surface area contributed by atoms with E-state index in [4.69, 9.17) is 5.73 Å². The van der Waals surface area contributed by atoms with Gasteiger partial charge in [0.25, 0.3) is 0 Å². The van der Waals surface area contributed by atoms with Crippen LogP contribution in [0.4, 0.5) is 17.3 Å². The van der Waals surface area contributed by atoms with E-state index in [1.807, 2.05) is 24.4 Å². The summed E-state index contributed by atoms with van der Waals surface area (Å²) in [6.07, 6.45) is 5.69. The van der Waals surface area contributed by atoms with Crippen molar-refractivity contribution in [2.75, 3.05) is 16.0 Å². The molecule has 0 saturated carbocycles. The molecule has 3 N–H and O–H groups in total. The standard InChI is InChI=1S/C27H23N7S/c1-17(33-26-25-27(31-15-30-26)35-16-32-25)23-12-18-6-5-9-21(19-10-11-24(28)29-13-19)22(18)14-34(23)20-7-3-2-4-8-20/h2-13,15-17H,14H2,1H3,(H2,28,29)(H,30,31,33). The zero-order valence-corrected chi connectivity index (χ0v) is 19.9. The molecule has 172 valence electrons. The monoisotopic (exact) mass is 477 g/mol. The number of benzene rings is 2. The van der Waals surface area contributed by atoms with Crippen LogP contribution in [0, 0.1) is 0 Å². The molecule has 0 bridgehead atoms. The molecule has 35 heavy (non-hydrogen) atoms. The molecule has 1 unspecified atom stereocenters. The summed E-state index contributed by atoms with van der Waals surface area (Å²) in [5, 5.41) is 3.58. The van der Waals surface area contributed by atoms with Crippen LogP contribution in [0.15, 0.2) is 84.4 Å². The summed E-state index contributed by atoms with van der Waals surface area (Å²) in [6.45, 7) is 2.88. The van der Waals surface area contributed by atoms with Crippen LogP contribution in [0.2, 0.25) is 0 Å². The van der Waals surface area contributed by atoms with Crippen LogP contribution in [0.3, 0.4) is 0 Å². The molecule has 0 radical (unpaired) electrons. The molecular formula is C27H23N7S. The number of anilines is 3. The van der Waals surface area contributed by atoms with Crippen LogP contribution < -0.4 is 16.0 Å². The molecule has 2 aromatic carbocycles. The zero-order chi connectivity index (χ0) is 23.8. The second-order valence-corrected chi connectivity index (χ2v) is 9.26. The van der Waals surface area contributed by atoms with Gasteiger partial charge in [0.1, 0.15) is 22.5 Å². The minimum atomic E-state index is -0.0231. The number of aromatic nitrogens is 4. The number of pyridine rings is 1. The Morgan fingerprint density at radius 2 is 1.86 bits per heavy atom. The predicted molar refractivity (Wildman–Crippen MR) is 143 cm³/mol. The van der Waals surface area contributed by atoms with Gasteiger partial charge < -0.3 is 16.0 Å². The molecule has 0 amide bonds. The van der Waals surface area contributed by atoms with Gasteiger partial charge in [0.15, 0.2) is 5.82 Å². The number of hydrogen-bond donors (Lipinski definition) is 2. The summed E-state index contributed by atoms with van der Waals surface area (Å²) < 4.78 is 0. The van der Waals surface area contributed by atoms with Crippen LogP contribution in [0.1, 0.15) is 18.1 Å². The second kappa shape index (κ2) is 8.81. The van der Waals surface area contributed by atoms with Gasteiger partial charge in [-0.15, -0.1) is 11.3 Å². The number of nitrogen functional groups attached to an aromatic ring is 1. The van der Waals surface area contributed by atoms with Crippen LogP contribution in [-0.4, -0.2) is 26.0 Å². The predicted octanol–water partition coefficient (Wildman–Crippen LogP) is 5.59. The molecule has 3 aromatic heterocycles. The lowest BCUT2D eigenvalue weighted by Gasteiger charge is -2.36. The van der Waals surface area contributed by atoms with Crippen molar-refractivity contribution in [3.63, 3.8) is 0 Å². The number of fused-ring (bicyclic) bond motifs is 2. The van der Waals surface area contributed by atoms with Gasteiger partial charge in [0.05, 0.1) is 11.6 Å². The van der Waals surface area contributed by atoms with E-state index in [0.29, 0.717) is 5.82 Å². The Labute approximate surface area is 207 Å². The van der Waals surface area contributed by atoms with Crippen molar-refractivity contribution in [3.05, 3.63) is 95.5 Å². The highest BCUT2D eigenvalue weighted by atomic mass is 32.1. The molecule has 7 nitrogen and oxygen atoms in total. The highest BCUT2D eigenvalue weighted by Crippen LogP contribution is 2.37. The number of thiazole rings is 1. The number of rotatable bonds is 5. The fraction of sp³-hybridized carbons (Fsp3) is 0.111. The third-order valence-electron chi connectivity index (χ3n) is 6.24. The molecular weight excluding hydrogens is 454 g/mol. The first-order valence-electron chi connectivity index (χ1n) is 11.4. The van der Waals surface area contributed by atoms with Gasteiger partial charge in [-0.2, -0.15) is 0 Å². The topological polar surface area (TPSA) is 92.8 Å². The molecule has 1 atom stereocenters. The Bertz CT molecular complexity index is 1530. The lowest BCUT2D eigenvalue weighted by molar-refractivity contribution is 0.798. The minimum Gasteiger partial charge on any atom is -0.384 e. The number of para-hydroxylation sites is 1. The van der Waals surface area contributed by atoms with Crippen molar-refractivity contribution < 1.29 is 0 Å². The minimum absolute atomic E-state index is 0.0231. The van der Waals surface area contributed by atoms with Gasteiger partial charge >= 0.3 is 0 Å². The highest BCUT2D eigenvalue weighted by Gasteiger charge is 2.26. The Morgan fingerprint density at radius 3 is 2.69 bits per heavy atom. The van der Waals surface area contributed by atoms with Gasteiger partial charge in [-0.05, 0) is 54.0 Å². The Balaban J connectivity index is 1.44. The molecule has 1 aliphatic heterocycles. The highest BCUT2D eigenvalue weighted by molar-refractivity contribution is 7.16. The lowest BCUT2D eigenvalue weighted by atomic mass is 9.91. The van der Waals surface area contributed by atoms with E-state index >= 15 is 0 Å². The van der Waals surface area contributed by atoms with E-state index in [1.165, 1.54) is 22.5 Å². The van der Waals surface area contributed by atoms with Crippen molar-refractivity contribution >= 4 is 45.1 Å². The van der Waals surface area contributed by atoms with Gasteiger partial charge in [-0.1, -0.05) is 36.4 Å². The van der Waals surface area contributed by atoms with E-state index < -0.39 is 0 Å². The van der Waals surface area contributed by atoms with E-state index in [2.05, 4.69) is 85.6 Å². The number of hydrogen-bond acceptors (Lipinski definition) is 8. The number of nitrogens with zero attached hydrogens (tertiary/aromatic N) is 5. The Morgan fingerprint density at radius 1 is 0.971 bits per heavy atom. The van der Waals surface area contributed by atoms with Gasteiger partial charge in [-0.25, -0.2) is 19.9 Å². The molecule has 4 heterocycles. The summed E-state index contributed by atoms with van der Waals surface area (Å²) in [7, 11) is 0. The molecule has 8 heteroatoms. The van der Waals surface area contributed by atoms with Gasteiger partial charge in [0.2, 0.25) is 0 Å². The van der Waals surface area contributed by atoms with Crippen LogP contribution >= 0.6 is 11.3 Å². The maximum absolute atomic E-state index is 5.83. The van der Waals surface area contributed by atoms with E-state index in [1.54, 1.807) is 11.8 Å². The molecule has 0 spiro atoms. The molecule has 5 aromatic rings. The summed E-state index contributed by atoms with van der Waals surface area (Å²) in [6, 6.07) is 20.7. The maximum atomic E-state index is 5.83. The molecule has 6 rings (SSSR count). The number of nitrogens with one attached hydrogen (secondary N) is 1. The average Bonchev–Trinajstić information content (AvgIpc) is 3.39. The smallest absolute Gasteiger partial charge is 0.157 e. The quantitative estimate of drug-likeness (QED) is 0.341. The lowest BCUT2D eigenvalue weighted by Crippen LogP contribution is -2.35. The van der Waals surface area contributed by atoms with Gasteiger partial charge in [-0.3, -0.25) is 0 Å². The molecule has 0 saturated heterocycles. The van der Waals surface area contributed by atoms with E-state index in [-0.39, 0.29) is 6.04 Å². The SMILES string of the molecule is CC(Nc1ncnc2scnc12)C1=Cc2cccc(-c3ccc(N)nc3)c2CN1c1ccccc1. The van der Waals surface area contributed by atoms with Crippen LogP contribution in [-0.2, 0) is 6.54 Å². The van der Waals surface area contributed by atoms with Crippen LogP contribution in [0.5, 0.6) is 0 Å². The fourth-order valence-corrected chi connectivity index (χ4v) is 5.15. The van der Waals surface area contributed by atoms with Crippen molar-refractivity contribution in [1.29, 1.82) is 0 Å². The first kappa shape index (κ1) is 21.2. The summed E-state index contributed by atoms with van der Waals surface area (Å²) >= 11 is 1.51. The normalized spacial score (nSPS) is 13.9. The fourth-order valence-electron chi connectivity index (χ4n) is 4.52. The largest absolute Gasteiger partial charge is 0.384 e. The maximum Gasteiger partial charge on any atom is 0.157 e. The number of nitrogens with two attached hydrogens (primary N) is 1. The molecule has 1 aliphatic rings. The summed E-state index contributed by atoms with van der Waals surface area (Å²) in [5.41, 5.74) is 15.4. The van der Waals surface area contributed by atoms with Gasteiger partial charge in [0, 0.05) is 29.7 Å². The first-order chi connectivity index (χ1) is 17.2. The zero-order valence-electron chi connectivity index (χ0n) is 19.1. The Hall–Kier alpha value is -4.30. The Kier molecular flexibility index (Phi) is 5.35. The summed E-state index contributed by atoms with van der Waals surface area (Å²) in [5.74, 6) is 1.26. The third kappa shape index (κ3) is 3.98. The summed E-state index contributed by atoms with van der Waals surface area (Å²) in [4.78, 5) is 20.8. The first-order valence-corrected chi connectivity index (χ1v) is 12.2. The average molecular weight is 478 g/mol.